The van der Waals surface area contributed by atoms with E-state index >= 15 is 0 Å². The van der Waals surface area contributed by atoms with Gasteiger partial charge in [0.25, 0.3) is 0 Å². The Balaban J connectivity index is 1.44. The molecule has 1 saturated heterocycles. The average Bonchev–Trinajstić information content (AvgIpc) is 3.37. The maximum absolute atomic E-state index is 12.9. The van der Waals surface area contributed by atoms with E-state index in [4.69, 9.17) is 23.9 Å². The van der Waals surface area contributed by atoms with Crippen LogP contribution in [0.3, 0.4) is 0 Å². The van der Waals surface area contributed by atoms with Crippen LogP contribution < -0.4 is 5.46 Å². The molecule has 4 rings (SSSR count). The van der Waals surface area contributed by atoms with E-state index in [9.17, 15) is 9.59 Å². The van der Waals surface area contributed by atoms with Gasteiger partial charge in [0.15, 0.2) is 0 Å². The van der Waals surface area contributed by atoms with Gasteiger partial charge in [0.05, 0.1) is 22.9 Å². The summed E-state index contributed by atoms with van der Waals surface area (Å²) in [7, 11) is -0.431. The normalized spacial score (nSPS) is 25.0. The molecule has 0 bridgehead atoms. The molecule has 1 aliphatic heterocycles. The van der Waals surface area contributed by atoms with Gasteiger partial charge >= 0.3 is 19.3 Å². The summed E-state index contributed by atoms with van der Waals surface area (Å²) in [6.45, 7) is 19.2. The number of rotatable bonds is 5. The number of imide groups is 1. The lowest BCUT2D eigenvalue weighted by molar-refractivity contribution is -0.00642. The molecule has 0 aromatic carbocycles. The number of carbonyl (C=O) groups is 2. The maximum atomic E-state index is 12.9. The first kappa shape index (κ1) is 28.0. The average molecular weight is 517 g/mol. The van der Waals surface area contributed by atoms with E-state index in [2.05, 4.69) is 33.9 Å². The SMILES string of the molecule is CC(C)(C)OC(=O)N(CC1CC(n2cc(B3OC(C)(C)C(C)(C)O3)c(C3CC3)n2)C1)C(=O)OC(C)(C)C. The van der Waals surface area contributed by atoms with Crippen LogP contribution in [0.2, 0.25) is 0 Å². The van der Waals surface area contributed by atoms with Crippen molar-refractivity contribution in [3.63, 3.8) is 0 Å². The molecule has 37 heavy (non-hydrogen) atoms. The standard InChI is InChI=1S/C27H44BN3O6/c1-24(2,3)34-22(32)30(23(33)35-25(4,5)6)15-17-13-19(14-17)31-16-20(21(29-31)18-11-12-18)28-36-26(7,8)27(9,10)37-28/h16-19H,11-15H2,1-10H3. The second kappa shape index (κ2) is 9.29. The smallest absolute Gasteiger partial charge is 0.443 e. The van der Waals surface area contributed by atoms with E-state index in [0.29, 0.717) is 5.92 Å². The molecule has 10 heteroatoms. The molecular weight excluding hydrogens is 473 g/mol. The molecule has 1 aromatic heterocycles. The van der Waals surface area contributed by atoms with E-state index in [1.54, 1.807) is 41.5 Å². The van der Waals surface area contributed by atoms with Crippen molar-refractivity contribution in [1.82, 2.24) is 14.7 Å². The van der Waals surface area contributed by atoms with Crippen molar-refractivity contribution in [3.8, 4) is 0 Å². The second-order valence-electron chi connectivity index (χ2n) is 13.9. The summed E-state index contributed by atoms with van der Waals surface area (Å²) >= 11 is 0. The number of hydrogen-bond donors (Lipinski definition) is 0. The van der Waals surface area contributed by atoms with Crippen LogP contribution in [0.25, 0.3) is 0 Å². The van der Waals surface area contributed by atoms with E-state index < -0.39 is 41.7 Å². The van der Waals surface area contributed by atoms with Crippen LogP contribution in [0, 0.1) is 5.92 Å². The lowest BCUT2D eigenvalue weighted by Crippen LogP contribution is -2.47. The highest BCUT2D eigenvalue weighted by atomic mass is 16.7. The Hall–Kier alpha value is -2.07. The van der Waals surface area contributed by atoms with Crippen LogP contribution in [0.1, 0.15) is 113 Å². The van der Waals surface area contributed by atoms with Gasteiger partial charge in [0, 0.05) is 24.1 Å². The monoisotopic (exact) mass is 517 g/mol. The molecule has 3 aliphatic rings. The van der Waals surface area contributed by atoms with Gasteiger partial charge in [0.2, 0.25) is 0 Å². The Labute approximate surface area is 221 Å². The summed E-state index contributed by atoms with van der Waals surface area (Å²) < 4.78 is 25.7. The molecule has 0 N–H and O–H groups in total. The fourth-order valence-electron chi connectivity index (χ4n) is 4.61. The summed E-state index contributed by atoms with van der Waals surface area (Å²) in [6.07, 6.45) is 4.60. The third-order valence-corrected chi connectivity index (χ3v) is 7.52. The van der Waals surface area contributed by atoms with Gasteiger partial charge < -0.3 is 18.8 Å². The number of carbonyl (C=O) groups excluding carboxylic acids is 2. The molecule has 2 saturated carbocycles. The third kappa shape index (κ3) is 6.33. The molecule has 0 atom stereocenters. The van der Waals surface area contributed by atoms with Crippen molar-refractivity contribution in [2.75, 3.05) is 6.54 Å². The molecular formula is C27H44BN3O6. The third-order valence-electron chi connectivity index (χ3n) is 7.52. The maximum Gasteiger partial charge on any atom is 0.498 e. The van der Waals surface area contributed by atoms with E-state index in [1.807, 2.05) is 4.68 Å². The highest BCUT2D eigenvalue weighted by Gasteiger charge is 2.53. The van der Waals surface area contributed by atoms with Crippen LogP contribution in [0.4, 0.5) is 9.59 Å². The minimum absolute atomic E-state index is 0.138. The van der Waals surface area contributed by atoms with Gasteiger partial charge in [-0.05, 0) is 101 Å². The zero-order valence-electron chi connectivity index (χ0n) is 24.2. The Morgan fingerprint density at radius 2 is 1.49 bits per heavy atom. The van der Waals surface area contributed by atoms with Gasteiger partial charge in [-0.3, -0.25) is 4.68 Å². The minimum atomic E-state index is -0.711. The Morgan fingerprint density at radius 1 is 1.00 bits per heavy atom. The molecule has 2 aliphatic carbocycles. The number of aromatic nitrogens is 2. The zero-order valence-corrected chi connectivity index (χ0v) is 24.2. The van der Waals surface area contributed by atoms with Gasteiger partial charge in [0.1, 0.15) is 11.2 Å². The highest BCUT2D eigenvalue weighted by molar-refractivity contribution is 6.62. The molecule has 9 nitrogen and oxygen atoms in total. The van der Waals surface area contributed by atoms with Crippen molar-refractivity contribution in [3.05, 3.63) is 11.9 Å². The van der Waals surface area contributed by atoms with E-state index in [1.165, 1.54) is 0 Å². The number of nitrogens with zero attached hydrogens (tertiary/aromatic N) is 3. The fourth-order valence-corrected chi connectivity index (χ4v) is 4.61. The molecule has 2 heterocycles. The first-order chi connectivity index (χ1) is 16.9. The van der Waals surface area contributed by atoms with Gasteiger partial charge in [-0.1, -0.05) is 0 Å². The summed E-state index contributed by atoms with van der Waals surface area (Å²) in [5.74, 6) is 0.597. The van der Waals surface area contributed by atoms with Gasteiger partial charge in [-0.25, -0.2) is 14.5 Å². The van der Waals surface area contributed by atoms with Crippen LogP contribution in [0.15, 0.2) is 6.20 Å². The van der Waals surface area contributed by atoms with E-state index in [-0.39, 0.29) is 18.5 Å². The largest absolute Gasteiger partial charge is 0.498 e. The Morgan fingerprint density at radius 3 is 1.92 bits per heavy atom. The van der Waals surface area contributed by atoms with Crippen molar-refractivity contribution in [1.29, 1.82) is 0 Å². The van der Waals surface area contributed by atoms with Crippen LogP contribution >= 0.6 is 0 Å². The van der Waals surface area contributed by atoms with Crippen molar-refractivity contribution in [2.45, 2.75) is 129 Å². The number of amides is 2. The highest BCUT2D eigenvalue weighted by Crippen LogP contribution is 2.43. The summed E-state index contributed by atoms with van der Waals surface area (Å²) in [6, 6.07) is 0.192. The fraction of sp³-hybridized carbons (Fsp3) is 0.815. The van der Waals surface area contributed by atoms with Crippen LogP contribution in [-0.2, 0) is 18.8 Å². The quantitative estimate of drug-likeness (QED) is 0.497. The molecule has 1 aromatic rings. The first-order valence-corrected chi connectivity index (χ1v) is 13.5. The second-order valence-corrected chi connectivity index (χ2v) is 13.9. The molecule has 206 valence electrons. The lowest BCUT2D eigenvalue weighted by atomic mass is 9.77. The van der Waals surface area contributed by atoms with Crippen molar-refractivity contribution >= 4 is 24.8 Å². The number of hydrogen-bond acceptors (Lipinski definition) is 7. The summed E-state index contributed by atoms with van der Waals surface area (Å²) in [5, 5.41) is 4.97. The minimum Gasteiger partial charge on any atom is -0.443 e. The van der Waals surface area contributed by atoms with Crippen LogP contribution in [0.5, 0.6) is 0 Å². The summed E-state index contributed by atoms with van der Waals surface area (Å²) in [5.41, 5.74) is -0.140. The van der Waals surface area contributed by atoms with Gasteiger partial charge in [-0.15, -0.1) is 0 Å². The first-order valence-electron chi connectivity index (χ1n) is 13.5. The molecule has 0 spiro atoms. The van der Waals surface area contributed by atoms with Crippen molar-refractivity contribution < 1.29 is 28.4 Å². The van der Waals surface area contributed by atoms with Crippen molar-refractivity contribution in [2.24, 2.45) is 5.92 Å². The van der Waals surface area contributed by atoms with Gasteiger partial charge in [-0.2, -0.15) is 5.10 Å². The molecule has 0 unspecified atom stereocenters. The topological polar surface area (TPSA) is 92.1 Å². The molecule has 0 radical (unpaired) electrons. The molecule has 2 amide bonds. The Kier molecular flexibility index (Phi) is 7.02. The number of ether oxygens (including phenoxy) is 2. The predicted molar refractivity (Wildman–Crippen MR) is 141 cm³/mol. The van der Waals surface area contributed by atoms with E-state index in [0.717, 1.165) is 41.7 Å². The summed E-state index contributed by atoms with van der Waals surface area (Å²) in [4.78, 5) is 26.8. The Bertz CT molecular complexity index is 984. The molecule has 3 fully saturated rings. The predicted octanol–water partition coefficient (Wildman–Crippen LogP) is 5.18. The van der Waals surface area contributed by atoms with Crippen LogP contribution in [-0.4, -0.2) is 62.9 Å². The lowest BCUT2D eigenvalue weighted by Gasteiger charge is -2.38. The zero-order chi connectivity index (χ0) is 27.6.